The van der Waals surface area contributed by atoms with Crippen molar-refractivity contribution in [3.8, 4) is 11.4 Å². The van der Waals surface area contributed by atoms with E-state index in [0.717, 1.165) is 16.8 Å². The van der Waals surface area contributed by atoms with Crippen molar-refractivity contribution in [3.05, 3.63) is 71.7 Å². The van der Waals surface area contributed by atoms with Crippen molar-refractivity contribution in [3.63, 3.8) is 0 Å². The van der Waals surface area contributed by atoms with Crippen LogP contribution in [-0.2, 0) is 13.1 Å². The van der Waals surface area contributed by atoms with Gasteiger partial charge in [0.25, 0.3) is 5.91 Å². The molecule has 2 aromatic heterocycles. The third kappa shape index (κ3) is 2.94. The first-order valence-electron chi connectivity index (χ1n) is 8.08. The molecule has 3 aromatic rings. The Balaban J connectivity index is 1.57. The van der Waals surface area contributed by atoms with Crippen molar-refractivity contribution in [2.45, 2.75) is 13.1 Å². The molecule has 0 spiro atoms. The number of hydrogen-bond donors (Lipinski definition) is 1. The summed E-state index contributed by atoms with van der Waals surface area (Å²) in [6.45, 7) is 1.02. The predicted molar refractivity (Wildman–Crippen MR) is 94.8 cm³/mol. The number of aromatic nitrogens is 3. The highest BCUT2D eigenvalue weighted by Gasteiger charge is 2.26. The number of nitrogens with zero attached hydrogens (tertiary/aromatic N) is 4. The van der Waals surface area contributed by atoms with E-state index in [4.69, 9.17) is 0 Å². The van der Waals surface area contributed by atoms with Crippen molar-refractivity contribution in [2.24, 2.45) is 0 Å². The number of anilines is 1. The molecule has 1 N–H and O–H groups in total. The molecular weight excluding hydrogens is 314 g/mol. The molecule has 25 heavy (non-hydrogen) atoms. The number of rotatable bonds is 3. The van der Waals surface area contributed by atoms with Crippen molar-refractivity contribution < 1.29 is 4.79 Å². The molecule has 3 heterocycles. The maximum absolute atomic E-state index is 12.8. The quantitative estimate of drug-likeness (QED) is 0.799. The first-order chi connectivity index (χ1) is 12.2. The van der Waals surface area contributed by atoms with E-state index < -0.39 is 0 Å². The topological polar surface area (TPSA) is 71.0 Å². The zero-order valence-corrected chi connectivity index (χ0v) is 13.8. The number of pyridine rings is 1. The minimum absolute atomic E-state index is 0.0295. The second-order valence-corrected chi connectivity index (χ2v) is 5.87. The zero-order valence-electron chi connectivity index (χ0n) is 13.8. The van der Waals surface area contributed by atoms with Gasteiger partial charge in [0, 0.05) is 42.7 Å². The Kier molecular flexibility index (Phi) is 3.85. The van der Waals surface area contributed by atoms with E-state index >= 15 is 0 Å². The van der Waals surface area contributed by atoms with E-state index in [9.17, 15) is 4.79 Å². The van der Waals surface area contributed by atoms with Gasteiger partial charge in [-0.05, 0) is 12.1 Å². The number of benzene rings is 1. The largest absolute Gasteiger partial charge is 0.373 e. The summed E-state index contributed by atoms with van der Waals surface area (Å²) in [6.07, 6.45) is 3.46. The fourth-order valence-corrected chi connectivity index (χ4v) is 2.91. The normalized spacial score (nSPS) is 12.8. The van der Waals surface area contributed by atoms with Gasteiger partial charge in [0.15, 0.2) is 5.82 Å². The molecule has 0 aliphatic carbocycles. The summed E-state index contributed by atoms with van der Waals surface area (Å²) in [5.74, 6) is 1.34. The molecule has 0 bridgehead atoms. The van der Waals surface area contributed by atoms with Crippen LogP contribution in [0.25, 0.3) is 11.4 Å². The van der Waals surface area contributed by atoms with Gasteiger partial charge in [-0.3, -0.25) is 4.79 Å². The van der Waals surface area contributed by atoms with E-state index in [1.165, 1.54) is 0 Å². The summed E-state index contributed by atoms with van der Waals surface area (Å²) in [7, 11) is 1.78. The fourth-order valence-electron chi connectivity index (χ4n) is 2.91. The molecule has 1 aliphatic rings. The Labute approximate surface area is 145 Å². The third-order valence-electron chi connectivity index (χ3n) is 4.24. The highest BCUT2D eigenvalue weighted by Crippen LogP contribution is 2.25. The van der Waals surface area contributed by atoms with E-state index in [-0.39, 0.29) is 5.91 Å². The summed E-state index contributed by atoms with van der Waals surface area (Å²) >= 11 is 0. The minimum Gasteiger partial charge on any atom is -0.373 e. The van der Waals surface area contributed by atoms with Crippen molar-refractivity contribution in [1.29, 1.82) is 0 Å². The van der Waals surface area contributed by atoms with Crippen LogP contribution < -0.4 is 5.32 Å². The van der Waals surface area contributed by atoms with Crippen LogP contribution in [0.3, 0.4) is 0 Å². The number of nitrogens with one attached hydrogen (secondary N) is 1. The SMILES string of the molecule is CNc1cc(C(=O)N2Cc3cnc(-c4ccccc4)nc3C2)ccn1. The Morgan fingerprint density at radius 3 is 2.76 bits per heavy atom. The van der Waals surface area contributed by atoms with Crippen LogP contribution in [0.1, 0.15) is 21.6 Å². The van der Waals surface area contributed by atoms with Crippen LogP contribution in [-0.4, -0.2) is 32.8 Å². The second kappa shape index (κ2) is 6.32. The van der Waals surface area contributed by atoms with E-state index in [1.807, 2.05) is 36.5 Å². The van der Waals surface area contributed by atoms with Crippen LogP contribution in [0, 0.1) is 0 Å². The Hall–Kier alpha value is -3.28. The van der Waals surface area contributed by atoms with Crippen LogP contribution >= 0.6 is 0 Å². The molecule has 0 unspecified atom stereocenters. The minimum atomic E-state index is -0.0295. The molecule has 6 heteroatoms. The zero-order chi connectivity index (χ0) is 17.2. The number of amides is 1. The number of hydrogen-bond acceptors (Lipinski definition) is 5. The smallest absolute Gasteiger partial charge is 0.254 e. The van der Waals surface area contributed by atoms with Crippen LogP contribution in [0.5, 0.6) is 0 Å². The van der Waals surface area contributed by atoms with E-state index in [1.54, 1.807) is 30.3 Å². The van der Waals surface area contributed by atoms with Gasteiger partial charge in [-0.15, -0.1) is 0 Å². The molecule has 0 radical (unpaired) electrons. The van der Waals surface area contributed by atoms with Gasteiger partial charge in [-0.2, -0.15) is 0 Å². The summed E-state index contributed by atoms with van der Waals surface area (Å²) in [5, 5.41) is 2.95. The summed E-state index contributed by atoms with van der Waals surface area (Å²) < 4.78 is 0. The van der Waals surface area contributed by atoms with Gasteiger partial charge in [-0.25, -0.2) is 15.0 Å². The predicted octanol–water partition coefficient (Wildman–Crippen LogP) is 2.74. The van der Waals surface area contributed by atoms with Crippen LogP contribution in [0.4, 0.5) is 5.82 Å². The van der Waals surface area contributed by atoms with E-state index in [2.05, 4.69) is 20.3 Å². The lowest BCUT2D eigenvalue weighted by Gasteiger charge is -2.15. The van der Waals surface area contributed by atoms with Gasteiger partial charge < -0.3 is 10.2 Å². The molecule has 4 rings (SSSR count). The Morgan fingerprint density at radius 1 is 1.12 bits per heavy atom. The molecule has 0 atom stereocenters. The summed E-state index contributed by atoms with van der Waals surface area (Å²) in [4.78, 5) is 27.8. The summed E-state index contributed by atoms with van der Waals surface area (Å²) in [6, 6.07) is 13.3. The van der Waals surface area contributed by atoms with Crippen LogP contribution in [0.15, 0.2) is 54.9 Å². The Morgan fingerprint density at radius 2 is 1.96 bits per heavy atom. The fraction of sp³-hybridized carbons (Fsp3) is 0.158. The van der Waals surface area contributed by atoms with Gasteiger partial charge in [0.2, 0.25) is 0 Å². The molecule has 124 valence electrons. The van der Waals surface area contributed by atoms with Gasteiger partial charge in [0.1, 0.15) is 5.82 Å². The molecule has 0 fully saturated rings. The lowest BCUT2D eigenvalue weighted by Crippen LogP contribution is -2.25. The third-order valence-corrected chi connectivity index (χ3v) is 4.24. The number of carbonyl (C=O) groups excluding carboxylic acids is 1. The van der Waals surface area contributed by atoms with Gasteiger partial charge in [-0.1, -0.05) is 30.3 Å². The van der Waals surface area contributed by atoms with Crippen LogP contribution in [0.2, 0.25) is 0 Å². The molecule has 1 aliphatic heterocycles. The average Bonchev–Trinajstić information content (AvgIpc) is 3.11. The molecule has 1 aromatic carbocycles. The van der Waals surface area contributed by atoms with Gasteiger partial charge in [0.05, 0.1) is 12.2 Å². The molecule has 0 saturated heterocycles. The molecule has 1 amide bonds. The first kappa shape index (κ1) is 15.3. The lowest BCUT2D eigenvalue weighted by atomic mass is 10.2. The number of fused-ring (bicyclic) bond motifs is 1. The van der Waals surface area contributed by atoms with Gasteiger partial charge >= 0.3 is 0 Å². The average molecular weight is 331 g/mol. The van der Waals surface area contributed by atoms with Crippen molar-refractivity contribution in [2.75, 3.05) is 12.4 Å². The second-order valence-electron chi connectivity index (χ2n) is 5.87. The number of carbonyl (C=O) groups is 1. The van der Waals surface area contributed by atoms with Crippen molar-refractivity contribution >= 4 is 11.7 Å². The standard InChI is InChI=1S/C19H17N5O/c1-20-17-9-14(7-8-21-17)19(25)24-11-15-10-22-18(23-16(15)12-24)13-5-3-2-4-6-13/h2-10H,11-12H2,1H3,(H,20,21). The maximum Gasteiger partial charge on any atom is 0.254 e. The molecule has 0 saturated carbocycles. The van der Waals surface area contributed by atoms with Crippen molar-refractivity contribution in [1.82, 2.24) is 19.9 Å². The maximum atomic E-state index is 12.8. The lowest BCUT2D eigenvalue weighted by molar-refractivity contribution is 0.0750. The molecule has 6 nitrogen and oxygen atoms in total. The summed E-state index contributed by atoms with van der Waals surface area (Å²) in [5.41, 5.74) is 3.49. The first-order valence-corrected chi connectivity index (χ1v) is 8.08. The highest BCUT2D eigenvalue weighted by atomic mass is 16.2. The highest BCUT2D eigenvalue weighted by molar-refractivity contribution is 5.95. The molecular formula is C19H17N5O. The Bertz CT molecular complexity index is 926. The monoisotopic (exact) mass is 331 g/mol. The van der Waals surface area contributed by atoms with E-state index in [0.29, 0.717) is 30.3 Å².